The van der Waals surface area contributed by atoms with Crippen LogP contribution < -0.4 is 10.2 Å². The fraction of sp³-hybridized carbons (Fsp3) is 0.455. The first-order valence-corrected chi connectivity index (χ1v) is 10.1. The number of carbonyl (C=O) groups excluding carboxylic acids is 2. The fourth-order valence-electron chi connectivity index (χ4n) is 4.77. The molecule has 1 aromatic heterocycles. The lowest BCUT2D eigenvalue weighted by molar-refractivity contribution is -0.139. The van der Waals surface area contributed by atoms with E-state index in [0.29, 0.717) is 30.8 Å². The van der Waals surface area contributed by atoms with E-state index in [1.807, 2.05) is 0 Å². The SMILES string of the molecule is Cc1nccc(C(=O)NC2CCCC3(C2)C(=O)N(c2ccc(F)cc2)CC3(C)O)n1. The molecule has 7 nitrogen and oxygen atoms in total. The van der Waals surface area contributed by atoms with Crippen molar-refractivity contribution in [3.05, 3.63) is 53.9 Å². The predicted molar refractivity (Wildman–Crippen MR) is 108 cm³/mol. The molecule has 0 radical (unpaired) electrons. The molecule has 2 fully saturated rings. The summed E-state index contributed by atoms with van der Waals surface area (Å²) in [7, 11) is 0. The zero-order valence-corrected chi connectivity index (χ0v) is 17.1. The van der Waals surface area contributed by atoms with Gasteiger partial charge in [0.1, 0.15) is 17.3 Å². The molecule has 2 heterocycles. The van der Waals surface area contributed by atoms with Crippen molar-refractivity contribution < 1.29 is 19.1 Å². The highest BCUT2D eigenvalue weighted by Gasteiger charge is 2.62. The number of aryl methyl sites for hydroxylation is 1. The summed E-state index contributed by atoms with van der Waals surface area (Å²) in [6.45, 7) is 3.51. The Hall–Kier alpha value is -2.87. The Morgan fingerprint density at radius 3 is 2.73 bits per heavy atom. The molecule has 1 aliphatic carbocycles. The molecule has 2 amide bonds. The van der Waals surface area contributed by atoms with Gasteiger partial charge in [-0.15, -0.1) is 0 Å². The van der Waals surface area contributed by atoms with E-state index in [1.165, 1.54) is 23.2 Å². The fourth-order valence-corrected chi connectivity index (χ4v) is 4.77. The molecule has 1 saturated carbocycles. The van der Waals surface area contributed by atoms with Crippen molar-refractivity contribution >= 4 is 17.5 Å². The highest BCUT2D eigenvalue weighted by molar-refractivity contribution is 6.01. The van der Waals surface area contributed by atoms with Crippen LogP contribution in [-0.4, -0.2) is 45.1 Å². The average Bonchev–Trinajstić information content (AvgIpc) is 2.89. The first kappa shape index (κ1) is 20.4. The zero-order valence-electron chi connectivity index (χ0n) is 17.1. The van der Waals surface area contributed by atoms with Crippen LogP contribution in [0.5, 0.6) is 0 Å². The van der Waals surface area contributed by atoms with E-state index < -0.39 is 11.0 Å². The van der Waals surface area contributed by atoms with Gasteiger partial charge in [-0.25, -0.2) is 14.4 Å². The minimum absolute atomic E-state index is 0.128. The number of aromatic nitrogens is 2. The summed E-state index contributed by atoms with van der Waals surface area (Å²) >= 11 is 0. The number of hydrogen-bond acceptors (Lipinski definition) is 5. The van der Waals surface area contributed by atoms with Gasteiger partial charge in [-0.1, -0.05) is 6.42 Å². The maximum Gasteiger partial charge on any atom is 0.270 e. The lowest BCUT2D eigenvalue weighted by Crippen LogP contribution is -2.53. The molecule has 1 spiro atoms. The lowest BCUT2D eigenvalue weighted by atomic mass is 9.64. The van der Waals surface area contributed by atoms with Crippen molar-refractivity contribution in [2.45, 2.75) is 51.2 Å². The Balaban J connectivity index is 1.56. The van der Waals surface area contributed by atoms with Gasteiger partial charge in [0.15, 0.2) is 0 Å². The molecular weight excluding hydrogens is 387 g/mol. The number of β-amino-alcohol motifs (C(OH)–C–C–N with tert-alkyl or cyclic N) is 1. The molecular formula is C22H25FN4O3. The van der Waals surface area contributed by atoms with Gasteiger partial charge >= 0.3 is 0 Å². The Kier molecular flexibility index (Phi) is 5.05. The molecule has 30 heavy (non-hydrogen) atoms. The number of hydrogen-bond donors (Lipinski definition) is 2. The van der Waals surface area contributed by atoms with E-state index in [9.17, 15) is 19.1 Å². The average molecular weight is 412 g/mol. The summed E-state index contributed by atoms with van der Waals surface area (Å²) in [5.74, 6) is -0.377. The number of halogens is 1. The Morgan fingerprint density at radius 1 is 1.30 bits per heavy atom. The summed E-state index contributed by atoms with van der Waals surface area (Å²) in [5.41, 5.74) is -1.44. The third-order valence-corrected chi connectivity index (χ3v) is 6.38. The molecule has 2 aromatic rings. The topological polar surface area (TPSA) is 95.4 Å². The van der Waals surface area contributed by atoms with Crippen LogP contribution in [0.1, 0.15) is 48.9 Å². The van der Waals surface area contributed by atoms with Crippen LogP contribution in [0.3, 0.4) is 0 Å². The van der Waals surface area contributed by atoms with Gasteiger partial charge in [0.25, 0.3) is 5.91 Å². The minimum atomic E-state index is -1.27. The van der Waals surface area contributed by atoms with Crippen LogP contribution in [0.2, 0.25) is 0 Å². The second kappa shape index (κ2) is 7.43. The van der Waals surface area contributed by atoms with Gasteiger partial charge in [0.05, 0.1) is 17.6 Å². The third-order valence-electron chi connectivity index (χ3n) is 6.38. The molecule has 3 atom stereocenters. The zero-order chi connectivity index (χ0) is 21.5. The molecule has 3 unspecified atom stereocenters. The molecule has 158 valence electrons. The molecule has 1 aliphatic heterocycles. The first-order chi connectivity index (χ1) is 14.2. The van der Waals surface area contributed by atoms with E-state index in [-0.39, 0.29) is 35.9 Å². The predicted octanol–water partition coefficient (Wildman–Crippen LogP) is 2.38. The van der Waals surface area contributed by atoms with E-state index >= 15 is 0 Å². The van der Waals surface area contributed by atoms with Gasteiger partial charge in [-0.3, -0.25) is 9.59 Å². The second-order valence-electron chi connectivity index (χ2n) is 8.48. The normalized spacial score (nSPS) is 28.7. The number of aliphatic hydroxyl groups is 1. The molecule has 1 aromatic carbocycles. The van der Waals surface area contributed by atoms with E-state index in [0.717, 1.165) is 6.42 Å². The molecule has 0 bridgehead atoms. The van der Waals surface area contributed by atoms with Crippen molar-refractivity contribution in [2.24, 2.45) is 5.41 Å². The highest BCUT2D eigenvalue weighted by atomic mass is 19.1. The molecule has 4 rings (SSSR count). The number of nitrogens with one attached hydrogen (secondary N) is 1. The van der Waals surface area contributed by atoms with E-state index in [4.69, 9.17) is 0 Å². The van der Waals surface area contributed by atoms with Crippen LogP contribution in [-0.2, 0) is 4.79 Å². The van der Waals surface area contributed by atoms with E-state index in [1.54, 1.807) is 32.0 Å². The summed E-state index contributed by atoms with van der Waals surface area (Å²) < 4.78 is 13.3. The standard InChI is InChI=1S/C22H25FN4O3/c1-14-24-11-9-18(25-14)19(28)26-16-4-3-10-22(12-16)20(29)27(13-21(22,2)30)17-7-5-15(23)6-8-17/h5-9,11,16,30H,3-4,10,12-13H2,1-2H3,(H,26,28). The minimum Gasteiger partial charge on any atom is -0.387 e. The number of rotatable bonds is 3. The number of benzene rings is 1. The largest absolute Gasteiger partial charge is 0.387 e. The van der Waals surface area contributed by atoms with Crippen molar-refractivity contribution in [2.75, 3.05) is 11.4 Å². The van der Waals surface area contributed by atoms with Gasteiger partial charge in [0.2, 0.25) is 5.91 Å². The van der Waals surface area contributed by atoms with Crippen molar-refractivity contribution in [1.82, 2.24) is 15.3 Å². The number of nitrogens with zero attached hydrogens (tertiary/aromatic N) is 3. The summed E-state index contributed by atoms with van der Waals surface area (Å²) in [5, 5.41) is 14.2. The molecule has 1 saturated heterocycles. The summed E-state index contributed by atoms with van der Waals surface area (Å²) in [6.07, 6.45) is 3.83. The first-order valence-electron chi connectivity index (χ1n) is 10.1. The van der Waals surface area contributed by atoms with E-state index in [2.05, 4.69) is 15.3 Å². The Labute approximate surface area is 174 Å². The van der Waals surface area contributed by atoms with Crippen LogP contribution >= 0.6 is 0 Å². The maximum absolute atomic E-state index is 13.5. The molecule has 2 N–H and O–H groups in total. The number of anilines is 1. The van der Waals surface area contributed by atoms with Crippen LogP contribution in [0.4, 0.5) is 10.1 Å². The lowest BCUT2D eigenvalue weighted by Gasteiger charge is -2.43. The number of carbonyl (C=O) groups is 2. The van der Waals surface area contributed by atoms with Crippen molar-refractivity contribution in [3.8, 4) is 0 Å². The van der Waals surface area contributed by atoms with Gasteiger partial charge in [0, 0.05) is 17.9 Å². The van der Waals surface area contributed by atoms with Gasteiger partial charge < -0.3 is 15.3 Å². The smallest absolute Gasteiger partial charge is 0.270 e. The van der Waals surface area contributed by atoms with Crippen LogP contribution in [0, 0.1) is 18.2 Å². The maximum atomic E-state index is 13.5. The molecule has 8 heteroatoms. The van der Waals surface area contributed by atoms with Crippen LogP contribution in [0.25, 0.3) is 0 Å². The Bertz CT molecular complexity index is 979. The quantitative estimate of drug-likeness (QED) is 0.807. The van der Waals surface area contributed by atoms with Crippen LogP contribution in [0.15, 0.2) is 36.5 Å². The van der Waals surface area contributed by atoms with Crippen molar-refractivity contribution in [1.29, 1.82) is 0 Å². The van der Waals surface area contributed by atoms with Gasteiger partial charge in [-0.05, 0) is 63.4 Å². The number of amides is 2. The Morgan fingerprint density at radius 2 is 2.03 bits per heavy atom. The molecule has 2 aliphatic rings. The van der Waals surface area contributed by atoms with Gasteiger partial charge in [-0.2, -0.15) is 0 Å². The van der Waals surface area contributed by atoms with Crippen molar-refractivity contribution in [3.63, 3.8) is 0 Å². The second-order valence-corrected chi connectivity index (χ2v) is 8.48. The monoisotopic (exact) mass is 412 g/mol. The third kappa shape index (κ3) is 3.45. The summed E-state index contributed by atoms with van der Waals surface area (Å²) in [6, 6.07) is 6.98. The summed E-state index contributed by atoms with van der Waals surface area (Å²) in [4.78, 5) is 35.8. The highest BCUT2D eigenvalue weighted by Crippen LogP contribution is 2.51.